The molecule has 1 saturated heterocycles. The number of carbonyl (C=O) groups excluding carboxylic acids is 2. The molecule has 4 rings (SSSR count). The van der Waals surface area contributed by atoms with Crippen LogP contribution >= 0.6 is 11.8 Å². The smallest absolute Gasteiger partial charge is 0.293 e. The number of nitriles is 1. The van der Waals surface area contributed by atoms with Crippen LogP contribution in [0.15, 0.2) is 59.6 Å². The van der Waals surface area contributed by atoms with E-state index in [1.165, 1.54) is 4.90 Å². The van der Waals surface area contributed by atoms with Gasteiger partial charge >= 0.3 is 0 Å². The van der Waals surface area contributed by atoms with Gasteiger partial charge < -0.3 is 4.57 Å². The minimum atomic E-state index is -0.323. The van der Waals surface area contributed by atoms with Crippen molar-refractivity contribution in [2.45, 2.75) is 20.0 Å². The van der Waals surface area contributed by atoms with Gasteiger partial charge in [0.1, 0.15) is 0 Å². The molecule has 138 valence electrons. The zero-order chi connectivity index (χ0) is 19.7. The normalized spacial score (nSPS) is 15.6. The van der Waals surface area contributed by atoms with Crippen molar-refractivity contribution < 1.29 is 9.59 Å². The van der Waals surface area contributed by atoms with Gasteiger partial charge in [-0.15, -0.1) is 0 Å². The van der Waals surface area contributed by atoms with Crippen LogP contribution in [0.3, 0.4) is 0 Å². The Morgan fingerprint density at radius 3 is 2.64 bits per heavy atom. The summed E-state index contributed by atoms with van der Waals surface area (Å²) in [4.78, 5) is 26.9. The Labute approximate surface area is 166 Å². The van der Waals surface area contributed by atoms with Crippen LogP contribution in [0.25, 0.3) is 17.0 Å². The summed E-state index contributed by atoms with van der Waals surface area (Å²) in [6.07, 6.45) is 3.79. The number of amides is 2. The molecule has 0 radical (unpaired) electrons. The molecule has 2 heterocycles. The van der Waals surface area contributed by atoms with E-state index in [1.54, 1.807) is 30.3 Å². The number of rotatable bonds is 4. The summed E-state index contributed by atoms with van der Waals surface area (Å²) in [5.74, 6) is -0.323. The van der Waals surface area contributed by atoms with Gasteiger partial charge in [-0.3, -0.25) is 14.5 Å². The molecule has 5 nitrogen and oxygen atoms in total. The maximum Gasteiger partial charge on any atom is 0.293 e. The monoisotopic (exact) mass is 387 g/mol. The highest BCUT2D eigenvalue weighted by molar-refractivity contribution is 8.18. The van der Waals surface area contributed by atoms with Gasteiger partial charge in [-0.1, -0.05) is 36.4 Å². The van der Waals surface area contributed by atoms with Crippen LogP contribution in [-0.2, 0) is 17.9 Å². The summed E-state index contributed by atoms with van der Waals surface area (Å²) in [5.41, 5.74) is 3.14. The fourth-order valence-corrected chi connectivity index (χ4v) is 4.20. The minimum absolute atomic E-state index is 0.0997. The van der Waals surface area contributed by atoms with E-state index in [0.717, 1.165) is 34.8 Å². The number of para-hydroxylation sites is 1. The molecule has 0 unspecified atom stereocenters. The fraction of sp³-hybridized carbons (Fsp3) is 0.136. The number of carbonyl (C=O) groups is 2. The molecule has 0 spiro atoms. The van der Waals surface area contributed by atoms with Crippen LogP contribution in [0.4, 0.5) is 4.79 Å². The van der Waals surface area contributed by atoms with Crippen LogP contribution in [-0.4, -0.2) is 20.6 Å². The van der Waals surface area contributed by atoms with Gasteiger partial charge in [0.15, 0.2) is 0 Å². The van der Waals surface area contributed by atoms with Crippen LogP contribution < -0.4 is 0 Å². The zero-order valence-electron chi connectivity index (χ0n) is 15.3. The number of aryl methyl sites for hydroxylation is 1. The van der Waals surface area contributed by atoms with Crippen molar-refractivity contribution >= 4 is 39.9 Å². The van der Waals surface area contributed by atoms with Crippen LogP contribution in [0.1, 0.15) is 23.6 Å². The third-order valence-corrected chi connectivity index (χ3v) is 5.69. The maximum atomic E-state index is 12.9. The van der Waals surface area contributed by atoms with Gasteiger partial charge in [-0.2, -0.15) is 5.26 Å². The van der Waals surface area contributed by atoms with Gasteiger partial charge in [0.05, 0.1) is 23.1 Å². The van der Waals surface area contributed by atoms with E-state index in [4.69, 9.17) is 0 Å². The molecule has 0 aliphatic carbocycles. The van der Waals surface area contributed by atoms with E-state index in [1.807, 2.05) is 30.5 Å². The molecule has 6 heteroatoms. The third kappa shape index (κ3) is 3.10. The third-order valence-electron chi connectivity index (χ3n) is 4.79. The van der Waals surface area contributed by atoms with Gasteiger partial charge in [-0.25, -0.2) is 0 Å². The first kappa shape index (κ1) is 18.1. The van der Waals surface area contributed by atoms with Crippen molar-refractivity contribution in [3.63, 3.8) is 0 Å². The van der Waals surface area contributed by atoms with E-state index >= 15 is 0 Å². The quantitative estimate of drug-likeness (QED) is 0.605. The number of hydrogen-bond acceptors (Lipinski definition) is 4. The van der Waals surface area contributed by atoms with Gasteiger partial charge in [0.2, 0.25) is 0 Å². The number of aromatic nitrogens is 1. The predicted molar refractivity (Wildman–Crippen MR) is 110 cm³/mol. The first-order chi connectivity index (χ1) is 13.6. The second kappa shape index (κ2) is 7.37. The molecule has 2 aromatic carbocycles. The van der Waals surface area contributed by atoms with Crippen molar-refractivity contribution in [2.75, 3.05) is 0 Å². The van der Waals surface area contributed by atoms with Crippen LogP contribution in [0, 0.1) is 11.3 Å². The SMILES string of the molecule is CCn1cc(/C=C2\SC(=O)N(Cc3ccccc3C#N)C2=O)c2ccccc21. The van der Waals surface area contributed by atoms with E-state index in [-0.39, 0.29) is 17.7 Å². The Morgan fingerprint density at radius 1 is 1.11 bits per heavy atom. The maximum absolute atomic E-state index is 12.9. The molecule has 2 amide bonds. The van der Waals surface area contributed by atoms with Gasteiger partial charge in [0.25, 0.3) is 11.1 Å². The summed E-state index contributed by atoms with van der Waals surface area (Å²) in [5, 5.41) is 9.97. The molecule has 1 aliphatic rings. The highest BCUT2D eigenvalue weighted by Crippen LogP contribution is 2.35. The highest BCUT2D eigenvalue weighted by atomic mass is 32.2. The Balaban J connectivity index is 1.67. The lowest BCUT2D eigenvalue weighted by Crippen LogP contribution is -2.27. The number of benzene rings is 2. The van der Waals surface area contributed by atoms with Crippen molar-refractivity contribution in [3.05, 3.63) is 76.3 Å². The number of imide groups is 1. The Kier molecular flexibility index (Phi) is 4.76. The molecule has 1 aromatic heterocycles. The Hall–Kier alpha value is -3.30. The lowest BCUT2D eigenvalue weighted by Gasteiger charge is -2.13. The summed E-state index contributed by atoms with van der Waals surface area (Å²) in [7, 11) is 0. The van der Waals surface area contributed by atoms with Gasteiger partial charge in [0, 0.05) is 29.2 Å². The topological polar surface area (TPSA) is 66.1 Å². The summed E-state index contributed by atoms with van der Waals surface area (Å²) in [6.45, 7) is 2.99. The molecular weight excluding hydrogens is 370 g/mol. The van der Waals surface area contributed by atoms with E-state index in [0.29, 0.717) is 16.0 Å². The average molecular weight is 387 g/mol. The second-order valence-electron chi connectivity index (χ2n) is 6.42. The summed E-state index contributed by atoms with van der Waals surface area (Å²) in [6, 6.07) is 17.1. The van der Waals surface area contributed by atoms with Crippen LogP contribution in [0.2, 0.25) is 0 Å². The highest BCUT2D eigenvalue weighted by Gasteiger charge is 2.35. The lowest BCUT2D eigenvalue weighted by molar-refractivity contribution is -0.123. The minimum Gasteiger partial charge on any atom is -0.347 e. The van der Waals surface area contributed by atoms with Crippen LogP contribution in [0.5, 0.6) is 0 Å². The Morgan fingerprint density at radius 2 is 1.86 bits per heavy atom. The number of hydrogen-bond donors (Lipinski definition) is 0. The van der Waals surface area contributed by atoms with Crippen molar-refractivity contribution in [3.8, 4) is 6.07 Å². The molecule has 28 heavy (non-hydrogen) atoms. The van der Waals surface area contributed by atoms with Crippen molar-refractivity contribution in [1.29, 1.82) is 5.26 Å². The molecule has 0 saturated carbocycles. The van der Waals surface area contributed by atoms with Gasteiger partial charge in [-0.05, 0) is 42.5 Å². The standard InChI is InChI=1S/C22H17N3O2S/c1-2-24-13-17(18-9-5-6-10-19(18)24)11-20-21(26)25(22(27)28-20)14-16-8-4-3-7-15(16)12-23/h3-11,13H,2,14H2,1H3/b20-11-. The van der Waals surface area contributed by atoms with Crippen molar-refractivity contribution in [2.24, 2.45) is 0 Å². The molecule has 0 atom stereocenters. The van der Waals surface area contributed by atoms with Crippen molar-refractivity contribution in [1.82, 2.24) is 9.47 Å². The molecule has 3 aromatic rings. The van der Waals surface area contributed by atoms with E-state index < -0.39 is 0 Å². The molecule has 0 N–H and O–H groups in total. The molecule has 1 aliphatic heterocycles. The largest absolute Gasteiger partial charge is 0.347 e. The Bertz CT molecular complexity index is 1170. The summed E-state index contributed by atoms with van der Waals surface area (Å²) >= 11 is 0.941. The number of fused-ring (bicyclic) bond motifs is 1. The lowest BCUT2D eigenvalue weighted by atomic mass is 10.1. The molecule has 0 bridgehead atoms. The first-order valence-corrected chi connectivity index (χ1v) is 9.75. The molecule has 1 fully saturated rings. The van der Waals surface area contributed by atoms with E-state index in [9.17, 15) is 14.9 Å². The second-order valence-corrected chi connectivity index (χ2v) is 7.42. The predicted octanol–water partition coefficient (Wildman–Crippen LogP) is 4.77. The average Bonchev–Trinajstić information content (AvgIpc) is 3.21. The number of nitrogens with zero attached hydrogens (tertiary/aromatic N) is 3. The fourth-order valence-electron chi connectivity index (χ4n) is 3.37. The first-order valence-electron chi connectivity index (χ1n) is 8.93. The summed E-state index contributed by atoms with van der Waals surface area (Å²) < 4.78 is 2.12. The number of thioether (sulfide) groups is 1. The zero-order valence-corrected chi connectivity index (χ0v) is 16.1. The molecular formula is C22H17N3O2S. The van der Waals surface area contributed by atoms with E-state index in [2.05, 4.69) is 17.6 Å².